The molecule has 0 radical (unpaired) electrons. The first-order valence-electron chi connectivity index (χ1n) is 9.77. The van der Waals surface area contributed by atoms with E-state index in [2.05, 4.69) is 30.2 Å². The van der Waals surface area contributed by atoms with Gasteiger partial charge in [0.2, 0.25) is 0 Å². The van der Waals surface area contributed by atoms with E-state index in [-0.39, 0.29) is 17.8 Å². The molecule has 1 aliphatic rings. The van der Waals surface area contributed by atoms with E-state index < -0.39 is 0 Å². The lowest BCUT2D eigenvalue weighted by molar-refractivity contribution is 0.184. The van der Waals surface area contributed by atoms with Crippen LogP contribution in [0.5, 0.6) is 0 Å². The Morgan fingerprint density at radius 1 is 1.04 bits per heavy atom. The van der Waals surface area contributed by atoms with Crippen molar-refractivity contribution in [1.29, 1.82) is 0 Å². The Morgan fingerprint density at radius 3 is 2.46 bits per heavy atom. The Labute approximate surface area is 164 Å². The van der Waals surface area contributed by atoms with Gasteiger partial charge in [-0.1, -0.05) is 18.2 Å². The van der Waals surface area contributed by atoms with Crippen molar-refractivity contribution in [2.45, 2.75) is 39.7 Å². The zero-order valence-corrected chi connectivity index (χ0v) is 16.6. The highest BCUT2D eigenvalue weighted by atomic mass is 16.2. The summed E-state index contributed by atoms with van der Waals surface area (Å²) in [7, 11) is 0. The molecule has 1 fully saturated rings. The summed E-state index contributed by atoms with van der Waals surface area (Å²) in [4.78, 5) is 29.9. The van der Waals surface area contributed by atoms with Crippen LogP contribution >= 0.6 is 0 Å². The summed E-state index contributed by atoms with van der Waals surface area (Å²) in [5.74, 6) is 0. The minimum atomic E-state index is -0.0742. The molecule has 28 heavy (non-hydrogen) atoms. The molecule has 1 aliphatic heterocycles. The van der Waals surface area contributed by atoms with Gasteiger partial charge in [0, 0.05) is 24.8 Å². The predicted octanol–water partition coefficient (Wildman–Crippen LogP) is 4.12. The van der Waals surface area contributed by atoms with Crippen LogP contribution < -0.4 is 11.0 Å². The maximum atomic E-state index is 12.7. The highest BCUT2D eigenvalue weighted by Gasteiger charge is 2.26. The van der Waals surface area contributed by atoms with Crippen LogP contribution in [0.2, 0.25) is 0 Å². The number of urea groups is 1. The predicted molar refractivity (Wildman–Crippen MR) is 112 cm³/mol. The molecule has 2 amide bonds. The lowest BCUT2D eigenvalue weighted by Crippen LogP contribution is -2.42. The number of carbonyl (C=O) groups excluding carboxylic acids is 1. The van der Waals surface area contributed by atoms with Gasteiger partial charge < -0.3 is 15.2 Å². The molecule has 0 saturated carbocycles. The Bertz CT molecular complexity index is 1090. The number of H-pyrrole nitrogens is 1. The second-order valence-corrected chi connectivity index (χ2v) is 7.72. The number of nitrogens with one attached hydrogen (secondary N) is 2. The molecule has 2 heterocycles. The summed E-state index contributed by atoms with van der Waals surface area (Å²) in [6.07, 6.45) is 1.53. The second-order valence-electron chi connectivity index (χ2n) is 7.72. The zero-order valence-electron chi connectivity index (χ0n) is 16.6. The molecule has 1 saturated heterocycles. The van der Waals surface area contributed by atoms with Crippen LogP contribution in [-0.2, 0) is 0 Å². The van der Waals surface area contributed by atoms with Gasteiger partial charge in [0.25, 0.3) is 0 Å². The molecule has 2 N–H and O–H groups in total. The molecule has 6 heteroatoms. The molecule has 0 atom stereocenters. The molecule has 0 bridgehead atoms. The average molecular weight is 378 g/mol. The number of imidazole rings is 1. The molecule has 0 spiro atoms. The van der Waals surface area contributed by atoms with Crippen LogP contribution in [0.25, 0.3) is 11.0 Å². The topological polar surface area (TPSA) is 70.1 Å². The molecule has 0 aliphatic carbocycles. The van der Waals surface area contributed by atoms with E-state index in [9.17, 15) is 9.59 Å². The molecule has 4 rings (SSSR count). The summed E-state index contributed by atoms with van der Waals surface area (Å²) in [5.41, 5.74) is 6.03. The Morgan fingerprint density at radius 2 is 1.71 bits per heavy atom. The van der Waals surface area contributed by atoms with Gasteiger partial charge in [-0.25, -0.2) is 9.59 Å². The number of aromatic amines is 1. The van der Waals surface area contributed by atoms with Crippen molar-refractivity contribution in [1.82, 2.24) is 14.5 Å². The van der Waals surface area contributed by atoms with Crippen LogP contribution in [-0.4, -0.2) is 33.6 Å². The number of hydrogen-bond donors (Lipinski definition) is 2. The number of nitrogens with zero attached hydrogens (tertiary/aromatic N) is 2. The van der Waals surface area contributed by atoms with Crippen molar-refractivity contribution >= 4 is 22.8 Å². The largest absolute Gasteiger partial charge is 0.326 e. The van der Waals surface area contributed by atoms with E-state index in [1.807, 2.05) is 46.7 Å². The third kappa shape index (κ3) is 3.30. The standard InChI is InChI=1S/C22H26N4O2/c1-14-12-16(3)19(13-15(14)2)24-21(27)25-10-8-17(9-11-25)26-20-7-5-4-6-18(20)23-22(26)28/h4-7,12-13,17H,8-11H2,1-3H3,(H,23,28)(H,24,27). The number of fused-ring (bicyclic) bond motifs is 1. The SMILES string of the molecule is Cc1cc(C)c(NC(=O)N2CCC(n3c(=O)[nH]c4ccccc43)CC2)cc1C. The van der Waals surface area contributed by atoms with E-state index in [4.69, 9.17) is 0 Å². The number of rotatable bonds is 2. The summed E-state index contributed by atoms with van der Waals surface area (Å²) >= 11 is 0. The third-order valence-electron chi connectivity index (χ3n) is 5.82. The van der Waals surface area contributed by atoms with E-state index >= 15 is 0 Å². The number of benzene rings is 2. The number of amides is 2. The second kappa shape index (κ2) is 7.19. The number of hydrogen-bond acceptors (Lipinski definition) is 2. The van der Waals surface area contributed by atoms with Gasteiger partial charge in [0.05, 0.1) is 11.0 Å². The van der Waals surface area contributed by atoms with Crippen LogP contribution in [0.1, 0.15) is 35.6 Å². The van der Waals surface area contributed by atoms with Crippen molar-refractivity contribution in [3.05, 3.63) is 63.6 Å². The summed E-state index contributed by atoms with van der Waals surface area (Å²) in [5, 5.41) is 3.05. The summed E-state index contributed by atoms with van der Waals surface area (Å²) in [6.45, 7) is 7.40. The molecule has 1 aromatic heterocycles. The molecule has 3 aromatic rings. The number of aryl methyl sites for hydroxylation is 3. The maximum Gasteiger partial charge on any atom is 0.326 e. The Kier molecular flexibility index (Phi) is 4.71. The number of carbonyl (C=O) groups is 1. The first-order chi connectivity index (χ1) is 13.4. The zero-order chi connectivity index (χ0) is 19.8. The minimum Gasteiger partial charge on any atom is -0.324 e. The fraction of sp³-hybridized carbons (Fsp3) is 0.364. The van der Waals surface area contributed by atoms with E-state index in [1.165, 1.54) is 11.1 Å². The quantitative estimate of drug-likeness (QED) is 0.704. The van der Waals surface area contributed by atoms with Gasteiger partial charge in [-0.05, 0) is 68.5 Å². The highest BCUT2D eigenvalue weighted by molar-refractivity contribution is 5.90. The van der Waals surface area contributed by atoms with Crippen molar-refractivity contribution in [3.63, 3.8) is 0 Å². The van der Waals surface area contributed by atoms with Crippen molar-refractivity contribution < 1.29 is 4.79 Å². The number of aromatic nitrogens is 2. The molecule has 0 unspecified atom stereocenters. The van der Waals surface area contributed by atoms with Gasteiger partial charge in [0.1, 0.15) is 0 Å². The highest BCUT2D eigenvalue weighted by Crippen LogP contribution is 2.26. The van der Waals surface area contributed by atoms with Crippen LogP contribution in [0.3, 0.4) is 0 Å². The van der Waals surface area contributed by atoms with Crippen molar-refractivity contribution in [3.8, 4) is 0 Å². The van der Waals surface area contributed by atoms with Crippen LogP contribution in [0, 0.1) is 20.8 Å². The average Bonchev–Trinajstić information content (AvgIpc) is 3.02. The maximum absolute atomic E-state index is 12.7. The fourth-order valence-corrected chi connectivity index (χ4v) is 4.05. The molecule has 146 valence electrons. The Hall–Kier alpha value is -3.02. The molecular formula is C22H26N4O2. The van der Waals surface area contributed by atoms with E-state index in [0.717, 1.165) is 35.1 Å². The van der Waals surface area contributed by atoms with E-state index in [0.29, 0.717) is 13.1 Å². The van der Waals surface area contributed by atoms with Gasteiger partial charge in [-0.3, -0.25) is 4.57 Å². The van der Waals surface area contributed by atoms with Crippen LogP contribution in [0.4, 0.5) is 10.5 Å². The fourth-order valence-electron chi connectivity index (χ4n) is 4.05. The van der Waals surface area contributed by atoms with Gasteiger partial charge in [-0.2, -0.15) is 0 Å². The van der Waals surface area contributed by atoms with Gasteiger partial charge >= 0.3 is 11.7 Å². The first kappa shape index (κ1) is 18.3. The molecular weight excluding hydrogens is 352 g/mol. The van der Waals surface area contributed by atoms with Crippen molar-refractivity contribution in [2.24, 2.45) is 0 Å². The summed E-state index contributed by atoms with van der Waals surface area (Å²) < 4.78 is 1.85. The number of likely N-dealkylation sites (tertiary alicyclic amines) is 1. The van der Waals surface area contributed by atoms with Gasteiger partial charge in [0.15, 0.2) is 0 Å². The van der Waals surface area contributed by atoms with Crippen LogP contribution in [0.15, 0.2) is 41.2 Å². The number of piperidine rings is 1. The monoisotopic (exact) mass is 378 g/mol. The molecule has 2 aromatic carbocycles. The van der Waals surface area contributed by atoms with Gasteiger partial charge in [-0.15, -0.1) is 0 Å². The number of anilines is 1. The molecule has 6 nitrogen and oxygen atoms in total. The first-order valence-corrected chi connectivity index (χ1v) is 9.77. The Balaban J connectivity index is 1.45. The lowest BCUT2D eigenvalue weighted by atomic mass is 10.0. The van der Waals surface area contributed by atoms with E-state index in [1.54, 1.807) is 0 Å². The van der Waals surface area contributed by atoms with Crippen molar-refractivity contribution in [2.75, 3.05) is 18.4 Å². The lowest BCUT2D eigenvalue weighted by Gasteiger charge is -2.32. The number of para-hydroxylation sites is 2. The normalized spacial score (nSPS) is 15.2. The summed E-state index contributed by atoms with van der Waals surface area (Å²) in [6, 6.07) is 11.9. The third-order valence-corrected chi connectivity index (χ3v) is 5.82. The minimum absolute atomic E-state index is 0.0731. The smallest absolute Gasteiger partial charge is 0.324 e.